The Labute approximate surface area is 158 Å². The topological polar surface area (TPSA) is 84.2 Å². The van der Waals surface area contributed by atoms with E-state index in [0.29, 0.717) is 17.4 Å². The van der Waals surface area contributed by atoms with Crippen molar-refractivity contribution >= 4 is 28.3 Å². The first-order chi connectivity index (χ1) is 12.4. The van der Waals surface area contributed by atoms with E-state index in [1.165, 1.54) is 10.9 Å². The summed E-state index contributed by atoms with van der Waals surface area (Å²) in [5, 5.41) is 10.6. The van der Waals surface area contributed by atoms with Crippen LogP contribution >= 0.6 is 11.6 Å². The van der Waals surface area contributed by atoms with Crippen molar-refractivity contribution in [1.29, 1.82) is 0 Å². The molecule has 4 N–H and O–H groups in total. The minimum atomic E-state index is -0.186. The van der Waals surface area contributed by atoms with Crippen LogP contribution < -0.4 is 5.73 Å². The number of anilines is 1. The fourth-order valence-electron chi connectivity index (χ4n) is 3.11. The molecule has 3 aromatic rings. The molecule has 0 radical (unpaired) electrons. The van der Waals surface area contributed by atoms with Gasteiger partial charge in [-0.1, -0.05) is 17.7 Å². The average molecular weight is 374 g/mol. The van der Waals surface area contributed by atoms with Gasteiger partial charge in [-0.2, -0.15) is 0 Å². The Hall–Kier alpha value is -2.08. The molecule has 0 aliphatic carbocycles. The van der Waals surface area contributed by atoms with Gasteiger partial charge in [-0.05, 0) is 56.0 Å². The lowest BCUT2D eigenvalue weighted by molar-refractivity contribution is -0.00535. The van der Waals surface area contributed by atoms with Crippen LogP contribution in [0.5, 0.6) is 0 Å². The fourth-order valence-corrected chi connectivity index (χ4v) is 3.33. The predicted octanol–water partition coefficient (Wildman–Crippen LogP) is 4.24. The Balaban J connectivity index is 0.000000236. The van der Waals surface area contributed by atoms with Crippen LogP contribution in [0.1, 0.15) is 24.1 Å². The summed E-state index contributed by atoms with van der Waals surface area (Å²) < 4.78 is 4.93. The van der Waals surface area contributed by atoms with Gasteiger partial charge in [0.25, 0.3) is 0 Å². The van der Waals surface area contributed by atoms with Gasteiger partial charge in [-0.15, -0.1) is 0 Å². The molecule has 4 rings (SSSR count). The standard InChI is InChI=1S/C15H14ClN3.C5H10O2/c1-8-3-10(5-14-11(8)4-9(2)19-14)12-6-15(17)18-7-13(12)16;6-5-2-1-3-7-4-5/h3-7,19H,1-2H3,(H2,17,18);5-6H,1-4H2. The summed E-state index contributed by atoms with van der Waals surface area (Å²) in [6.45, 7) is 5.52. The van der Waals surface area contributed by atoms with E-state index >= 15 is 0 Å². The summed E-state index contributed by atoms with van der Waals surface area (Å²) in [6.07, 6.45) is 3.33. The molecule has 5 nitrogen and oxygen atoms in total. The Kier molecular flexibility index (Phi) is 5.81. The van der Waals surface area contributed by atoms with Crippen LogP contribution in [0, 0.1) is 13.8 Å². The smallest absolute Gasteiger partial charge is 0.124 e. The van der Waals surface area contributed by atoms with Gasteiger partial charge in [0.15, 0.2) is 0 Å². The number of nitrogen functional groups attached to an aromatic ring is 1. The zero-order chi connectivity index (χ0) is 18.7. The number of rotatable bonds is 1. The van der Waals surface area contributed by atoms with Gasteiger partial charge in [0.1, 0.15) is 5.82 Å². The van der Waals surface area contributed by atoms with Crippen molar-refractivity contribution in [2.24, 2.45) is 0 Å². The number of hydrogen-bond donors (Lipinski definition) is 3. The highest BCUT2D eigenvalue weighted by molar-refractivity contribution is 6.33. The number of aromatic nitrogens is 2. The van der Waals surface area contributed by atoms with Gasteiger partial charge in [-0.25, -0.2) is 4.98 Å². The van der Waals surface area contributed by atoms with Crippen LogP contribution in [0.2, 0.25) is 5.02 Å². The van der Waals surface area contributed by atoms with Gasteiger partial charge in [0.2, 0.25) is 0 Å². The van der Waals surface area contributed by atoms with Crippen molar-refractivity contribution in [2.75, 3.05) is 18.9 Å². The molecule has 0 amide bonds. The highest BCUT2D eigenvalue weighted by atomic mass is 35.5. The number of aliphatic hydroxyl groups excluding tert-OH is 1. The molecule has 1 aliphatic rings. The number of hydrogen-bond acceptors (Lipinski definition) is 4. The summed E-state index contributed by atoms with van der Waals surface area (Å²) in [6, 6.07) is 8.17. The number of aryl methyl sites for hydroxylation is 2. The van der Waals surface area contributed by atoms with Crippen molar-refractivity contribution < 1.29 is 9.84 Å². The number of benzene rings is 1. The highest BCUT2D eigenvalue weighted by Crippen LogP contribution is 2.32. The maximum absolute atomic E-state index is 8.78. The lowest BCUT2D eigenvalue weighted by Gasteiger charge is -2.15. The molecular formula is C20H24ClN3O2. The number of ether oxygens (including phenoxy) is 1. The minimum Gasteiger partial charge on any atom is -0.391 e. The van der Waals surface area contributed by atoms with Crippen LogP contribution in [-0.4, -0.2) is 34.4 Å². The van der Waals surface area contributed by atoms with Crippen LogP contribution in [-0.2, 0) is 4.74 Å². The molecule has 1 unspecified atom stereocenters. The molecule has 1 aliphatic heterocycles. The first-order valence-electron chi connectivity index (χ1n) is 8.71. The number of halogens is 1. The first-order valence-corrected chi connectivity index (χ1v) is 9.09. The summed E-state index contributed by atoms with van der Waals surface area (Å²) >= 11 is 6.21. The number of fused-ring (bicyclic) bond motifs is 1. The quantitative estimate of drug-likeness (QED) is 0.595. The number of H-pyrrole nitrogens is 1. The highest BCUT2D eigenvalue weighted by Gasteiger charge is 2.09. The van der Waals surface area contributed by atoms with E-state index in [1.807, 2.05) is 0 Å². The molecular weight excluding hydrogens is 350 g/mol. The molecule has 26 heavy (non-hydrogen) atoms. The monoisotopic (exact) mass is 373 g/mol. The number of nitrogens with one attached hydrogen (secondary N) is 1. The van der Waals surface area contributed by atoms with E-state index in [2.05, 4.69) is 42.0 Å². The SMILES string of the molecule is Cc1cc2c(C)cc(-c3cc(N)ncc3Cl)cc2[nH]1.OC1CCCOC1. The minimum absolute atomic E-state index is 0.186. The summed E-state index contributed by atoms with van der Waals surface area (Å²) in [7, 11) is 0. The van der Waals surface area contributed by atoms with Gasteiger partial charge >= 0.3 is 0 Å². The molecule has 3 heterocycles. The third-order valence-corrected chi connectivity index (χ3v) is 4.70. The fraction of sp³-hybridized carbons (Fsp3) is 0.350. The molecule has 1 fully saturated rings. The largest absolute Gasteiger partial charge is 0.391 e. The van der Waals surface area contributed by atoms with Crippen LogP contribution in [0.25, 0.3) is 22.0 Å². The van der Waals surface area contributed by atoms with Crippen LogP contribution in [0.4, 0.5) is 5.82 Å². The Bertz CT molecular complexity index is 901. The Morgan fingerprint density at radius 1 is 1.27 bits per heavy atom. The van der Waals surface area contributed by atoms with E-state index in [-0.39, 0.29) is 6.10 Å². The molecule has 0 spiro atoms. The second kappa shape index (κ2) is 8.08. The van der Waals surface area contributed by atoms with Crippen molar-refractivity contribution in [3.05, 3.63) is 46.7 Å². The van der Waals surface area contributed by atoms with E-state index in [9.17, 15) is 0 Å². The average Bonchev–Trinajstić information content (AvgIpc) is 2.99. The molecule has 1 aromatic carbocycles. The number of nitrogens with two attached hydrogens (primary N) is 1. The van der Waals surface area contributed by atoms with Gasteiger partial charge < -0.3 is 20.6 Å². The van der Waals surface area contributed by atoms with Crippen LogP contribution in [0.15, 0.2) is 30.5 Å². The van der Waals surface area contributed by atoms with Gasteiger partial charge in [0.05, 0.1) is 17.7 Å². The number of nitrogens with zero attached hydrogens (tertiary/aromatic N) is 1. The third-order valence-electron chi connectivity index (χ3n) is 4.40. The molecule has 6 heteroatoms. The maximum atomic E-state index is 8.78. The van der Waals surface area contributed by atoms with E-state index in [0.717, 1.165) is 41.8 Å². The molecule has 0 saturated carbocycles. The molecule has 1 atom stereocenters. The molecule has 0 bridgehead atoms. The second-order valence-electron chi connectivity index (χ2n) is 6.67. The number of aliphatic hydroxyl groups is 1. The van der Waals surface area contributed by atoms with Gasteiger partial charge in [-0.3, -0.25) is 0 Å². The lowest BCUT2D eigenvalue weighted by Crippen LogP contribution is -2.21. The summed E-state index contributed by atoms with van der Waals surface area (Å²) in [5.41, 5.74) is 11.2. The number of pyridine rings is 1. The molecule has 1 saturated heterocycles. The van der Waals surface area contributed by atoms with Crippen molar-refractivity contribution in [3.63, 3.8) is 0 Å². The number of aromatic amines is 1. The van der Waals surface area contributed by atoms with Crippen molar-refractivity contribution in [2.45, 2.75) is 32.8 Å². The summed E-state index contributed by atoms with van der Waals surface area (Å²) in [5.74, 6) is 0.472. The molecule has 2 aromatic heterocycles. The summed E-state index contributed by atoms with van der Waals surface area (Å²) in [4.78, 5) is 7.35. The van der Waals surface area contributed by atoms with Gasteiger partial charge in [0, 0.05) is 35.0 Å². The normalized spacial score (nSPS) is 17.0. The van der Waals surface area contributed by atoms with Crippen molar-refractivity contribution in [3.8, 4) is 11.1 Å². The van der Waals surface area contributed by atoms with E-state index < -0.39 is 0 Å². The zero-order valence-corrected chi connectivity index (χ0v) is 15.8. The first kappa shape index (κ1) is 18.7. The third kappa shape index (κ3) is 4.36. The Morgan fingerprint density at radius 3 is 2.73 bits per heavy atom. The van der Waals surface area contributed by atoms with Crippen LogP contribution in [0.3, 0.4) is 0 Å². The van der Waals surface area contributed by atoms with E-state index in [1.54, 1.807) is 12.3 Å². The second-order valence-corrected chi connectivity index (χ2v) is 7.07. The molecule has 138 valence electrons. The lowest BCUT2D eigenvalue weighted by atomic mass is 10.0. The van der Waals surface area contributed by atoms with Crippen molar-refractivity contribution in [1.82, 2.24) is 9.97 Å². The predicted molar refractivity (Wildman–Crippen MR) is 106 cm³/mol. The maximum Gasteiger partial charge on any atom is 0.124 e. The van der Waals surface area contributed by atoms with E-state index in [4.69, 9.17) is 27.2 Å². The Morgan fingerprint density at radius 2 is 2.08 bits per heavy atom. The zero-order valence-electron chi connectivity index (χ0n) is 15.1.